The molecule has 0 saturated heterocycles. The lowest BCUT2D eigenvalue weighted by molar-refractivity contribution is 0.102. The number of thiophene rings is 1. The molecule has 17 heavy (non-hydrogen) atoms. The van der Waals surface area contributed by atoms with E-state index in [4.69, 9.17) is 5.73 Å². The van der Waals surface area contributed by atoms with Gasteiger partial charge in [0.15, 0.2) is 5.78 Å². The first kappa shape index (κ1) is 14.0. The average molecular weight is 254 g/mol. The number of nitrogen functional groups attached to an aromatic ring is 1. The maximum atomic E-state index is 11.3. The van der Waals surface area contributed by atoms with Gasteiger partial charge in [-0.05, 0) is 25.3 Å². The Bertz CT molecular complexity index is 387. The van der Waals surface area contributed by atoms with Crippen LogP contribution in [-0.2, 0) is 0 Å². The molecular weight excluding hydrogens is 232 g/mol. The summed E-state index contributed by atoms with van der Waals surface area (Å²) in [7, 11) is 0. The number of nitrogens with two attached hydrogens (primary N) is 1. The van der Waals surface area contributed by atoms with Gasteiger partial charge in [-0.15, -0.1) is 11.3 Å². The van der Waals surface area contributed by atoms with E-state index < -0.39 is 0 Å². The molecule has 0 amide bonds. The Morgan fingerprint density at radius 1 is 1.53 bits per heavy atom. The maximum Gasteiger partial charge on any atom is 0.171 e. The van der Waals surface area contributed by atoms with E-state index in [9.17, 15) is 4.79 Å². The molecule has 4 heteroatoms. The van der Waals surface area contributed by atoms with Gasteiger partial charge in [0.25, 0.3) is 0 Å². The van der Waals surface area contributed by atoms with Crippen molar-refractivity contribution in [2.45, 2.75) is 46.6 Å². The van der Waals surface area contributed by atoms with Crippen LogP contribution in [0.5, 0.6) is 0 Å². The third-order valence-electron chi connectivity index (χ3n) is 2.92. The lowest BCUT2D eigenvalue weighted by Crippen LogP contribution is -2.17. The van der Waals surface area contributed by atoms with Gasteiger partial charge in [0.05, 0.1) is 15.6 Å². The molecule has 96 valence electrons. The van der Waals surface area contributed by atoms with Gasteiger partial charge >= 0.3 is 0 Å². The summed E-state index contributed by atoms with van der Waals surface area (Å²) in [6, 6.07) is 2.26. The van der Waals surface area contributed by atoms with Crippen molar-refractivity contribution in [3.05, 3.63) is 10.9 Å². The van der Waals surface area contributed by atoms with Gasteiger partial charge in [-0.25, -0.2) is 0 Å². The van der Waals surface area contributed by atoms with Gasteiger partial charge < -0.3 is 11.1 Å². The van der Waals surface area contributed by atoms with Crippen molar-refractivity contribution < 1.29 is 4.79 Å². The summed E-state index contributed by atoms with van der Waals surface area (Å²) in [5, 5.41) is 4.40. The summed E-state index contributed by atoms with van der Waals surface area (Å²) in [4.78, 5) is 11.9. The van der Waals surface area contributed by atoms with Crippen LogP contribution in [0.3, 0.4) is 0 Å². The Balaban J connectivity index is 2.63. The number of hydrogen-bond acceptors (Lipinski definition) is 4. The molecule has 1 heterocycles. The van der Waals surface area contributed by atoms with Gasteiger partial charge in [0.2, 0.25) is 0 Å². The van der Waals surface area contributed by atoms with E-state index in [0.717, 1.165) is 11.4 Å². The molecular formula is C13H22N2OS. The molecule has 1 rings (SSSR count). The van der Waals surface area contributed by atoms with E-state index in [1.165, 1.54) is 17.8 Å². The van der Waals surface area contributed by atoms with Crippen LogP contribution in [0.4, 0.5) is 10.7 Å². The van der Waals surface area contributed by atoms with E-state index in [-0.39, 0.29) is 5.78 Å². The fourth-order valence-electron chi connectivity index (χ4n) is 1.82. The Morgan fingerprint density at radius 3 is 2.65 bits per heavy atom. The Kier molecular flexibility index (Phi) is 5.00. The van der Waals surface area contributed by atoms with Gasteiger partial charge in [-0.2, -0.15) is 0 Å². The zero-order valence-corrected chi connectivity index (χ0v) is 11.9. The topological polar surface area (TPSA) is 55.1 Å². The zero-order valence-electron chi connectivity index (χ0n) is 11.0. The highest BCUT2D eigenvalue weighted by Gasteiger charge is 2.13. The van der Waals surface area contributed by atoms with Crippen molar-refractivity contribution in [3.8, 4) is 0 Å². The summed E-state index contributed by atoms with van der Waals surface area (Å²) in [6.07, 6.45) is 2.32. The van der Waals surface area contributed by atoms with Gasteiger partial charge in [0.1, 0.15) is 0 Å². The van der Waals surface area contributed by atoms with Gasteiger partial charge in [0, 0.05) is 13.0 Å². The summed E-state index contributed by atoms with van der Waals surface area (Å²) in [5.41, 5.74) is 6.38. The van der Waals surface area contributed by atoms with Crippen LogP contribution in [0.1, 0.15) is 50.2 Å². The molecule has 0 aliphatic rings. The predicted octanol–water partition coefficient (Wildman–Crippen LogP) is 3.77. The number of ketones is 1. The monoisotopic (exact) mass is 254 g/mol. The predicted molar refractivity (Wildman–Crippen MR) is 75.9 cm³/mol. The van der Waals surface area contributed by atoms with Crippen LogP contribution in [-0.4, -0.2) is 11.8 Å². The second kappa shape index (κ2) is 6.05. The first-order valence-electron chi connectivity index (χ1n) is 6.10. The molecule has 0 radical (unpaired) electrons. The maximum absolute atomic E-state index is 11.3. The van der Waals surface area contributed by atoms with Crippen molar-refractivity contribution in [3.63, 3.8) is 0 Å². The number of Topliss-reactive ketones (excluding diaryl/α,β-unsaturated/α-hetero) is 1. The molecule has 3 nitrogen and oxygen atoms in total. The molecule has 0 saturated carbocycles. The smallest absolute Gasteiger partial charge is 0.171 e. The van der Waals surface area contributed by atoms with E-state index in [0.29, 0.717) is 22.5 Å². The van der Waals surface area contributed by atoms with Crippen molar-refractivity contribution in [2.75, 3.05) is 11.1 Å². The number of rotatable bonds is 6. The molecule has 0 aliphatic carbocycles. The second-order valence-electron chi connectivity index (χ2n) is 4.75. The van der Waals surface area contributed by atoms with Crippen LogP contribution >= 0.6 is 11.3 Å². The second-order valence-corrected chi connectivity index (χ2v) is 5.80. The lowest BCUT2D eigenvalue weighted by atomic mass is 10.0. The molecule has 1 aromatic rings. The molecule has 2 atom stereocenters. The first-order chi connectivity index (χ1) is 7.93. The molecule has 3 N–H and O–H groups in total. The Morgan fingerprint density at radius 2 is 2.18 bits per heavy atom. The minimum Gasteiger partial charge on any atom is -0.397 e. The molecule has 2 unspecified atom stereocenters. The summed E-state index contributed by atoms with van der Waals surface area (Å²) < 4.78 is 0. The highest BCUT2D eigenvalue weighted by Crippen LogP contribution is 2.30. The van der Waals surface area contributed by atoms with Gasteiger partial charge in [-0.3, -0.25) is 4.79 Å². The third kappa shape index (κ3) is 4.04. The lowest BCUT2D eigenvalue weighted by Gasteiger charge is -2.17. The minimum atomic E-state index is 0.0372. The average Bonchev–Trinajstić information content (AvgIpc) is 2.59. The van der Waals surface area contributed by atoms with Crippen molar-refractivity contribution in [1.29, 1.82) is 0 Å². The fraction of sp³-hybridized carbons (Fsp3) is 0.615. The quantitative estimate of drug-likeness (QED) is 0.760. The van der Waals surface area contributed by atoms with Gasteiger partial charge in [-0.1, -0.05) is 20.3 Å². The number of nitrogens with one attached hydrogen (secondary N) is 1. The minimum absolute atomic E-state index is 0.0372. The Labute approximate surface area is 107 Å². The fourth-order valence-corrected chi connectivity index (χ4v) is 2.81. The third-order valence-corrected chi connectivity index (χ3v) is 4.10. The zero-order chi connectivity index (χ0) is 13.0. The van der Waals surface area contributed by atoms with Crippen molar-refractivity contribution >= 4 is 27.8 Å². The van der Waals surface area contributed by atoms with E-state index in [1.54, 1.807) is 6.92 Å². The largest absolute Gasteiger partial charge is 0.397 e. The molecule has 0 aromatic carbocycles. The Hall–Kier alpha value is -1.03. The summed E-state index contributed by atoms with van der Waals surface area (Å²) >= 11 is 1.44. The van der Waals surface area contributed by atoms with E-state index in [2.05, 4.69) is 26.1 Å². The highest BCUT2D eigenvalue weighted by atomic mass is 32.1. The SMILES string of the molecule is CCC(C)CC(C)Nc1cc(N)c(C(C)=O)s1. The van der Waals surface area contributed by atoms with Crippen molar-refractivity contribution in [1.82, 2.24) is 0 Å². The number of hydrogen-bond donors (Lipinski definition) is 2. The summed E-state index contributed by atoms with van der Waals surface area (Å²) in [5.74, 6) is 0.747. The molecule has 0 aliphatic heterocycles. The van der Waals surface area contributed by atoms with Crippen LogP contribution in [0, 0.1) is 5.92 Å². The number of carbonyl (C=O) groups excluding carboxylic acids is 1. The number of carbonyl (C=O) groups is 1. The van der Waals surface area contributed by atoms with E-state index >= 15 is 0 Å². The van der Waals surface area contributed by atoms with Crippen molar-refractivity contribution in [2.24, 2.45) is 5.92 Å². The standard InChI is InChI=1S/C13H22N2OS/c1-5-8(2)6-9(3)15-12-7-11(14)13(17-12)10(4)16/h7-9,15H,5-6,14H2,1-4H3. The molecule has 0 fully saturated rings. The van der Waals surface area contributed by atoms with Crippen LogP contribution < -0.4 is 11.1 Å². The summed E-state index contributed by atoms with van der Waals surface area (Å²) in [6.45, 7) is 8.17. The molecule has 0 bridgehead atoms. The van der Waals surface area contributed by atoms with Crippen LogP contribution in [0.15, 0.2) is 6.07 Å². The molecule has 1 aromatic heterocycles. The first-order valence-corrected chi connectivity index (χ1v) is 6.92. The normalized spacial score (nSPS) is 14.4. The highest BCUT2D eigenvalue weighted by molar-refractivity contribution is 7.18. The van der Waals surface area contributed by atoms with Crippen LogP contribution in [0.25, 0.3) is 0 Å². The van der Waals surface area contributed by atoms with E-state index in [1.807, 2.05) is 6.07 Å². The van der Waals surface area contributed by atoms with Crippen LogP contribution in [0.2, 0.25) is 0 Å². The molecule has 0 spiro atoms. The number of anilines is 2.